The van der Waals surface area contributed by atoms with Crippen LogP contribution in [0.1, 0.15) is 16.7 Å². The molecule has 1 heterocycles. The van der Waals surface area contributed by atoms with E-state index in [1.54, 1.807) is 25.3 Å². The van der Waals surface area contributed by atoms with E-state index >= 15 is 0 Å². The molecule has 1 aromatic heterocycles. The maximum Gasteiger partial charge on any atom is 0.250 e. The summed E-state index contributed by atoms with van der Waals surface area (Å²) in [5, 5.41) is 5.03. The normalized spacial score (nSPS) is 10.9. The van der Waals surface area contributed by atoms with E-state index in [-0.39, 0.29) is 11.7 Å². The maximum absolute atomic E-state index is 13.1. The molecule has 5 nitrogen and oxygen atoms in total. The van der Waals surface area contributed by atoms with Gasteiger partial charge in [-0.2, -0.15) is 0 Å². The van der Waals surface area contributed by atoms with Gasteiger partial charge in [0, 0.05) is 17.0 Å². The second kappa shape index (κ2) is 10.8. The summed E-state index contributed by atoms with van der Waals surface area (Å²) in [5.41, 5.74) is 4.52. The molecule has 34 heavy (non-hydrogen) atoms. The number of nitrogens with one attached hydrogen (secondary N) is 1. The summed E-state index contributed by atoms with van der Waals surface area (Å²) in [6.07, 6.45) is 3.12. The monoisotopic (exact) mass is 474 g/mol. The first-order valence-electron chi connectivity index (χ1n) is 10.6. The zero-order valence-corrected chi connectivity index (χ0v) is 19.6. The van der Waals surface area contributed by atoms with Gasteiger partial charge in [-0.15, -0.1) is 11.3 Å². The third-order valence-corrected chi connectivity index (χ3v) is 5.89. The molecule has 172 valence electrons. The van der Waals surface area contributed by atoms with Crippen molar-refractivity contribution >= 4 is 28.5 Å². The summed E-state index contributed by atoms with van der Waals surface area (Å²) in [5.74, 6) is 0.600. The number of carbonyl (C=O) groups excluding carboxylic acids is 1. The number of nitrogens with zero attached hydrogens (tertiary/aromatic N) is 1. The number of ether oxygens (including phenoxy) is 2. The predicted molar refractivity (Wildman–Crippen MR) is 134 cm³/mol. The number of hydrogen-bond donors (Lipinski definition) is 1. The van der Waals surface area contributed by atoms with Gasteiger partial charge in [0.1, 0.15) is 12.4 Å². The third-order valence-electron chi connectivity index (χ3n) is 5.13. The zero-order valence-electron chi connectivity index (χ0n) is 18.7. The molecule has 0 fully saturated rings. The van der Waals surface area contributed by atoms with Crippen LogP contribution in [-0.4, -0.2) is 18.0 Å². The highest BCUT2D eigenvalue weighted by atomic mass is 32.1. The number of aromatic nitrogens is 1. The van der Waals surface area contributed by atoms with E-state index in [9.17, 15) is 9.18 Å². The Kier molecular flexibility index (Phi) is 7.34. The zero-order chi connectivity index (χ0) is 23.9. The van der Waals surface area contributed by atoms with Gasteiger partial charge in [-0.05, 0) is 66.1 Å². The van der Waals surface area contributed by atoms with Crippen molar-refractivity contribution in [2.24, 2.45) is 0 Å². The van der Waals surface area contributed by atoms with Gasteiger partial charge < -0.3 is 9.47 Å². The molecule has 1 amide bonds. The molecule has 3 aromatic carbocycles. The van der Waals surface area contributed by atoms with Gasteiger partial charge in [-0.3, -0.25) is 10.1 Å². The van der Waals surface area contributed by atoms with Crippen LogP contribution in [0.2, 0.25) is 0 Å². The van der Waals surface area contributed by atoms with Gasteiger partial charge in [0.05, 0.1) is 12.8 Å². The van der Waals surface area contributed by atoms with E-state index in [0.29, 0.717) is 28.9 Å². The lowest BCUT2D eigenvalue weighted by Crippen LogP contribution is -2.07. The quantitative estimate of drug-likeness (QED) is 0.296. The molecule has 0 bridgehead atoms. The molecule has 7 heteroatoms. The van der Waals surface area contributed by atoms with Gasteiger partial charge in [0.25, 0.3) is 0 Å². The molecule has 0 radical (unpaired) electrons. The molecule has 0 spiro atoms. The highest BCUT2D eigenvalue weighted by molar-refractivity contribution is 7.14. The molecular formula is C27H23FN2O3S. The average Bonchev–Trinajstić information content (AvgIpc) is 3.31. The Hall–Kier alpha value is -3.97. The van der Waals surface area contributed by atoms with Crippen LogP contribution in [0.3, 0.4) is 0 Å². The lowest BCUT2D eigenvalue weighted by atomic mass is 10.1. The molecule has 0 aliphatic rings. The van der Waals surface area contributed by atoms with E-state index in [1.165, 1.54) is 29.5 Å². The van der Waals surface area contributed by atoms with Crippen molar-refractivity contribution in [3.63, 3.8) is 0 Å². The van der Waals surface area contributed by atoms with E-state index in [0.717, 1.165) is 22.3 Å². The fraction of sp³-hybridized carbons (Fsp3) is 0.111. The third kappa shape index (κ3) is 5.88. The van der Waals surface area contributed by atoms with Crippen LogP contribution < -0.4 is 14.8 Å². The number of carbonyl (C=O) groups is 1. The number of methoxy groups -OCH3 is 1. The highest BCUT2D eigenvalue weighted by Gasteiger charge is 2.09. The summed E-state index contributed by atoms with van der Waals surface area (Å²) >= 11 is 1.30. The van der Waals surface area contributed by atoms with E-state index in [1.807, 2.05) is 54.8 Å². The average molecular weight is 475 g/mol. The molecule has 0 saturated carbocycles. The Balaban J connectivity index is 1.38. The minimum Gasteiger partial charge on any atom is -0.493 e. The van der Waals surface area contributed by atoms with Crippen molar-refractivity contribution in [1.29, 1.82) is 0 Å². The van der Waals surface area contributed by atoms with Gasteiger partial charge >= 0.3 is 0 Å². The first kappa shape index (κ1) is 23.2. The lowest BCUT2D eigenvalue weighted by molar-refractivity contribution is -0.111. The Bertz CT molecular complexity index is 1320. The Morgan fingerprint density at radius 2 is 1.88 bits per heavy atom. The van der Waals surface area contributed by atoms with Crippen LogP contribution >= 0.6 is 11.3 Å². The van der Waals surface area contributed by atoms with E-state index in [4.69, 9.17) is 9.47 Å². The fourth-order valence-electron chi connectivity index (χ4n) is 3.24. The summed E-state index contributed by atoms with van der Waals surface area (Å²) in [6.45, 7) is 2.48. The summed E-state index contributed by atoms with van der Waals surface area (Å²) in [4.78, 5) is 16.7. The standard InChI is InChI=1S/C27H23FN2O3S/c1-18-5-3-4-6-21(18)16-33-24-13-7-19(15-25(24)32-2)8-14-26(31)30-27-29-23(17-34-27)20-9-11-22(28)12-10-20/h3-15,17H,16H2,1-2H3,(H,29,30,31)/b14-8+. The van der Waals surface area contributed by atoms with Crippen LogP contribution in [0.25, 0.3) is 17.3 Å². The molecule has 0 unspecified atom stereocenters. The van der Waals surface area contributed by atoms with Crippen LogP contribution in [0.15, 0.2) is 78.2 Å². The second-order valence-corrected chi connectivity index (χ2v) is 8.35. The molecule has 0 atom stereocenters. The Morgan fingerprint density at radius 3 is 2.65 bits per heavy atom. The molecule has 4 rings (SSSR count). The minimum atomic E-state index is -0.307. The Labute approximate surface area is 201 Å². The Morgan fingerprint density at radius 1 is 1.09 bits per heavy atom. The van der Waals surface area contributed by atoms with Gasteiger partial charge in [0.15, 0.2) is 16.6 Å². The molecule has 0 aliphatic carbocycles. The first-order chi connectivity index (χ1) is 16.5. The van der Waals surface area contributed by atoms with Crippen molar-refractivity contribution < 1.29 is 18.7 Å². The number of amides is 1. The number of anilines is 1. The van der Waals surface area contributed by atoms with Crippen molar-refractivity contribution in [3.8, 4) is 22.8 Å². The number of hydrogen-bond acceptors (Lipinski definition) is 5. The van der Waals surface area contributed by atoms with Gasteiger partial charge in [-0.1, -0.05) is 30.3 Å². The SMILES string of the molecule is COc1cc(/C=C/C(=O)Nc2nc(-c3ccc(F)cc3)cs2)ccc1OCc1ccccc1C. The van der Waals surface area contributed by atoms with Crippen molar-refractivity contribution in [2.75, 3.05) is 12.4 Å². The molecular weight excluding hydrogens is 451 g/mol. The molecule has 1 N–H and O–H groups in total. The van der Waals surface area contributed by atoms with Gasteiger partial charge in [-0.25, -0.2) is 9.37 Å². The van der Waals surface area contributed by atoms with Crippen LogP contribution in [0.4, 0.5) is 9.52 Å². The summed E-state index contributed by atoms with van der Waals surface area (Å²) in [7, 11) is 1.58. The van der Waals surface area contributed by atoms with E-state index < -0.39 is 0 Å². The predicted octanol–water partition coefficient (Wildman–Crippen LogP) is 6.50. The van der Waals surface area contributed by atoms with Crippen LogP contribution in [-0.2, 0) is 11.4 Å². The van der Waals surface area contributed by atoms with Crippen LogP contribution in [0, 0.1) is 12.7 Å². The second-order valence-electron chi connectivity index (χ2n) is 7.49. The van der Waals surface area contributed by atoms with Gasteiger partial charge in [0.2, 0.25) is 5.91 Å². The maximum atomic E-state index is 13.1. The van der Waals surface area contributed by atoms with Crippen LogP contribution in [0.5, 0.6) is 11.5 Å². The smallest absolute Gasteiger partial charge is 0.250 e. The number of benzene rings is 3. The highest BCUT2D eigenvalue weighted by Crippen LogP contribution is 2.30. The minimum absolute atomic E-state index is 0.305. The number of halogens is 1. The molecule has 4 aromatic rings. The van der Waals surface area contributed by atoms with Crippen molar-refractivity contribution in [2.45, 2.75) is 13.5 Å². The largest absolute Gasteiger partial charge is 0.493 e. The summed E-state index contributed by atoms with van der Waals surface area (Å²) < 4.78 is 24.5. The number of thiazole rings is 1. The number of aryl methyl sites for hydroxylation is 1. The molecule has 0 aliphatic heterocycles. The number of rotatable bonds is 8. The van der Waals surface area contributed by atoms with Crippen molar-refractivity contribution in [3.05, 3.63) is 101 Å². The van der Waals surface area contributed by atoms with E-state index in [2.05, 4.69) is 10.3 Å². The molecule has 0 saturated heterocycles. The first-order valence-corrected chi connectivity index (χ1v) is 11.5. The summed E-state index contributed by atoms with van der Waals surface area (Å²) in [6, 6.07) is 19.6. The topological polar surface area (TPSA) is 60.5 Å². The van der Waals surface area contributed by atoms with Crippen molar-refractivity contribution in [1.82, 2.24) is 4.98 Å². The lowest BCUT2D eigenvalue weighted by Gasteiger charge is -2.12. The fourth-order valence-corrected chi connectivity index (χ4v) is 3.96.